The summed E-state index contributed by atoms with van der Waals surface area (Å²) in [6.07, 6.45) is 2.59. The lowest BCUT2D eigenvalue weighted by Gasteiger charge is -2.38. The maximum Gasteiger partial charge on any atom is 0.314 e. The summed E-state index contributed by atoms with van der Waals surface area (Å²) in [5.41, 5.74) is 0.802. The number of pyridine rings is 1. The minimum atomic E-state index is -0.327. The number of anilines is 1. The van der Waals surface area contributed by atoms with Crippen molar-refractivity contribution in [1.82, 2.24) is 10.3 Å². The second-order valence-corrected chi connectivity index (χ2v) is 4.56. The first-order valence-corrected chi connectivity index (χ1v) is 6.22. The molecular weight excluding hydrogens is 232 g/mol. The van der Waals surface area contributed by atoms with E-state index in [1.807, 2.05) is 0 Å². The SMILES string of the molecule is CCCN(c1nccc(C)c1[N+](=O)[O-])C1CNC1. The highest BCUT2D eigenvalue weighted by Gasteiger charge is 2.31. The van der Waals surface area contributed by atoms with E-state index in [9.17, 15) is 10.1 Å². The lowest BCUT2D eigenvalue weighted by atomic mass is 10.1. The zero-order valence-electron chi connectivity index (χ0n) is 10.7. The minimum absolute atomic E-state index is 0.137. The van der Waals surface area contributed by atoms with Crippen molar-refractivity contribution in [2.75, 3.05) is 24.5 Å². The van der Waals surface area contributed by atoms with Crippen LogP contribution in [0.5, 0.6) is 0 Å². The van der Waals surface area contributed by atoms with Gasteiger partial charge >= 0.3 is 5.69 Å². The van der Waals surface area contributed by atoms with Gasteiger partial charge in [0.05, 0.1) is 11.0 Å². The van der Waals surface area contributed by atoms with Crippen LogP contribution in [0.1, 0.15) is 18.9 Å². The predicted molar refractivity (Wildman–Crippen MR) is 69.9 cm³/mol. The molecule has 1 aliphatic rings. The molecule has 6 heteroatoms. The van der Waals surface area contributed by atoms with Crippen LogP contribution < -0.4 is 10.2 Å². The second-order valence-electron chi connectivity index (χ2n) is 4.56. The van der Waals surface area contributed by atoms with Gasteiger partial charge in [-0.1, -0.05) is 6.92 Å². The van der Waals surface area contributed by atoms with E-state index in [1.54, 1.807) is 19.2 Å². The molecule has 0 atom stereocenters. The molecule has 1 aromatic rings. The number of nitro groups is 1. The molecule has 2 rings (SSSR count). The molecule has 2 heterocycles. The van der Waals surface area contributed by atoms with Crippen molar-refractivity contribution in [3.8, 4) is 0 Å². The third kappa shape index (κ3) is 2.28. The first kappa shape index (κ1) is 12.8. The topological polar surface area (TPSA) is 71.3 Å². The summed E-state index contributed by atoms with van der Waals surface area (Å²) in [5.74, 6) is 0.508. The summed E-state index contributed by atoms with van der Waals surface area (Å²) in [6.45, 7) is 6.36. The zero-order chi connectivity index (χ0) is 13.1. The zero-order valence-corrected chi connectivity index (χ0v) is 10.7. The first-order chi connectivity index (χ1) is 8.65. The Morgan fingerprint density at radius 2 is 2.33 bits per heavy atom. The maximum absolute atomic E-state index is 11.2. The summed E-state index contributed by atoms with van der Waals surface area (Å²) in [7, 11) is 0. The van der Waals surface area contributed by atoms with Crippen LogP contribution in [0.3, 0.4) is 0 Å². The van der Waals surface area contributed by atoms with Crippen molar-refractivity contribution >= 4 is 11.5 Å². The Hall–Kier alpha value is -1.69. The van der Waals surface area contributed by atoms with E-state index in [0.717, 1.165) is 26.1 Å². The molecule has 1 aromatic heterocycles. The van der Waals surface area contributed by atoms with Crippen molar-refractivity contribution < 1.29 is 4.92 Å². The van der Waals surface area contributed by atoms with Crippen LogP contribution in [-0.2, 0) is 0 Å². The van der Waals surface area contributed by atoms with Crippen LogP contribution in [0, 0.1) is 17.0 Å². The standard InChI is InChI=1S/C12H18N4O2/c1-3-6-15(10-7-13-8-10)12-11(16(17)18)9(2)4-5-14-12/h4-5,10,13H,3,6-8H2,1-2H3. The fraction of sp³-hybridized carbons (Fsp3) is 0.583. The molecule has 1 aliphatic heterocycles. The Morgan fingerprint density at radius 3 is 2.83 bits per heavy atom. The molecule has 1 N–H and O–H groups in total. The fourth-order valence-electron chi connectivity index (χ4n) is 2.17. The maximum atomic E-state index is 11.2. The van der Waals surface area contributed by atoms with Crippen LogP contribution in [0.25, 0.3) is 0 Å². The lowest BCUT2D eigenvalue weighted by molar-refractivity contribution is -0.384. The molecule has 1 fully saturated rings. The first-order valence-electron chi connectivity index (χ1n) is 6.22. The molecule has 98 valence electrons. The van der Waals surface area contributed by atoms with Gasteiger partial charge in [0.25, 0.3) is 0 Å². The summed E-state index contributed by atoms with van der Waals surface area (Å²) in [5, 5.41) is 14.4. The van der Waals surface area contributed by atoms with E-state index >= 15 is 0 Å². The van der Waals surface area contributed by atoms with Crippen molar-refractivity contribution in [2.45, 2.75) is 26.3 Å². The number of aromatic nitrogens is 1. The third-order valence-electron chi connectivity index (χ3n) is 3.23. The molecule has 0 amide bonds. The Kier molecular flexibility index (Phi) is 3.76. The lowest BCUT2D eigenvalue weighted by Crippen LogP contribution is -2.58. The third-order valence-corrected chi connectivity index (χ3v) is 3.23. The van der Waals surface area contributed by atoms with Gasteiger partial charge in [0.2, 0.25) is 5.82 Å². The van der Waals surface area contributed by atoms with Crippen molar-refractivity contribution in [3.63, 3.8) is 0 Å². The highest BCUT2D eigenvalue weighted by molar-refractivity contribution is 5.62. The highest BCUT2D eigenvalue weighted by Crippen LogP contribution is 2.30. The number of nitrogens with zero attached hydrogens (tertiary/aromatic N) is 3. The van der Waals surface area contributed by atoms with Gasteiger partial charge in [0, 0.05) is 31.4 Å². The van der Waals surface area contributed by atoms with Crippen LogP contribution in [-0.4, -0.2) is 35.6 Å². The molecular formula is C12H18N4O2. The highest BCUT2D eigenvalue weighted by atomic mass is 16.6. The van der Waals surface area contributed by atoms with E-state index in [4.69, 9.17) is 0 Å². The van der Waals surface area contributed by atoms with E-state index in [2.05, 4.69) is 22.1 Å². The summed E-state index contributed by atoms with van der Waals surface area (Å²) in [4.78, 5) is 17.2. The van der Waals surface area contributed by atoms with E-state index in [-0.39, 0.29) is 10.6 Å². The Balaban J connectivity index is 2.39. The Morgan fingerprint density at radius 1 is 1.61 bits per heavy atom. The van der Waals surface area contributed by atoms with Crippen molar-refractivity contribution in [3.05, 3.63) is 27.9 Å². The van der Waals surface area contributed by atoms with Gasteiger partial charge in [-0.25, -0.2) is 4.98 Å². The Labute approximate surface area is 106 Å². The fourth-order valence-corrected chi connectivity index (χ4v) is 2.17. The van der Waals surface area contributed by atoms with Crippen LogP contribution in [0.2, 0.25) is 0 Å². The monoisotopic (exact) mass is 250 g/mol. The quantitative estimate of drug-likeness (QED) is 0.633. The molecule has 0 radical (unpaired) electrons. The van der Waals surface area contributed by atoms with Crippen LogP contribution in [0.15, 0.2) is 12.3 Å². The molecule has 0 saturated carbocycles. The van der Waals surface area contributed by atoms with Crippen LogP contribution in [0.4, 0.5) is 11.5 Å². The van der Waals surface area contributed by atoms with E-state index < -0.39 is 0 Å². The predicted octanol–water partition coefficient (Wildman–Crippen LogP) is 1.49. The molecule has 6 nitrogen and oxygen atoms in total. The molecule has 0 spiro atoms. The number of rotatable bonds is 5. The van der Waals surface area contributed by atoms with Gasteiger partial charge in [-0.2, -0.15) is 0 Å². The summed E-state index contributed by atoms with van der Waals surface area (Å²) in [6, 6.07) is 2.00. The summed E-state index contributed by atoms with van der Waals surface area (Å²) >= 11 is 0. The number of aryl methyl sites for hydroxylation is 1. The molecule has 0 aromatic carbocycles. The van der Waals surface area contributed by atoms with Gasteiger partial charge in [0.15, 0.2) is 0 Å². The van der Waals surface area contributed by atoms with Gasteiger partial charge in [-0.05, 0) is 19.4 Å². The molecule has 0 unspecified atom stereocenters. The average Bonchev–Trinajstić information content (AvgIpc) is 2.25. The number of hydrogen-bond acceptors (Lipinski definition) is 5. The molecule has 0 bridgehead atoms. The van der Waals surface area contributed by atoms with E-state index in [1.165, 1.54) is 0 Å². The largest absolute Gasteiger partial charge is 0.345 e. The molecule has 0 aliphatic carbocycles. The van der Waals surface area contributed by atoms with E-state index in [0.29, 0.717) is 17.4 Å². The van der Waals surface area contributed by atoms with Crippen molar-refractivity contribution in [2.24, 2.45) is 0 Å². The van der Waals surface area contributed by atoms with Crippen LogP contribution >= 0.6 is 0 Å². The Bertz CT molecular complexity index is 446. The van der Waals surface area contributed by atoms with Gasteiger partial charge in [-0.3, -0.25) is 10.1 Å². The number of hydrogen-bond donors (Lipinski definition) is 1. The van der Waals surface area contributed by atoms with Crippen molar-refractivity contribution in [1.29, 1.82) is 0 Å². The minimum Gasteiger partial charge on any atom is -0.345 e. The molecule has 18 heavy (non-hydrogen) atoms. The number of nitrogens with one attached hydrogen (secondary N) is 1. The van der Waals surface area contributed by atoms with Gasteiger partial charge in [0.1, 0.15) is 0 Å². The smallest absolute Gasteiger partial charge is 0.314 e. The average molecular weight is 250 g/mol. The van der Waals surface area contributed by atoms with Gasteiger partial charge in [-0.15, -0.1) is 0 Å². The normalized spacial score (nSPS) is 15.2. The second kappa shape index (κ2) is 5.30. The summed E-state index contributed by atoms with van der Waals surface area (Å²) < 4.78 is 0. The molecule has 1 saturated heterocycles. The van der Waals surface area contributed by atoms with Gasteiger partial charge < -0.3 is 10.2 Å².